The van der Waals surface area contributed by atoms with Crippen molar-refractivity contribution in [3.05, 3.63) is 66.9 Å². The number of rotatable bonds is 6. The first kappa shape index (κ1) is 23.5. The molecule has 0 saturated heterocycles. The van der Waals surface area contributed by atoms with Gasteiger partial charge in [0.1, 0.15) is 23.1 Å². The maximum absolute atomic E-state index is 15.2. The molecular weight excluding hydrogens is 485 g/mol. The molecule has 1 aromatic carbocycles. The molecule has 0 aliphatic carbocycles. The van der Waals surface area contributed by atoms with Crippen LogP contribution in [0.2, 0.25) is 0 Å². The molecule has 5 heterocycles. The number of nitrogens with one attached hydrogen (secondary N) is 3. The number of hydrogen-bond donors (Lipinski definition) is 3. The first-order valence-corrected chi connectivity index (χ1v) is 12.1. The maximum Gasteiger partial charge on any atom is 0.224 e. The highest BCUT2D eigenvalue weighted by Crippen LogP contribution is 2.33. The van der Waals surface area contributed by atoms with Gasteiger partial charge in [-0.1, -0.05) is 13.8 Å². The van der Waals surface area contributed by atoms with E-state index in [4.69, 9.17) is 4.98 Å². The molecule has 0 atom stereocenters. The zero-order valence-electron chi connectivity index (χ0n) is 21.0. The third-order valence-corrected chi connectivity index (χ3v) is 6.14. The highest BCUT2D eigenvalue weighted by Gasteiger charge is 2.19. The molecule has 6 rings (SSSR count). The molecule has 6 aromatic rings. The van der Waals surface area contributed by atoms with E-state index in [1.165, 1.54) is 6.07 Å². The average Bonchev–Trinajstić information content (AvgIpc) is 3.61. The Morgan fingerprint density at radius 3 is 2.79 bits per heavy atom. The Hall–Kier alpha value is -4.93. The van der Waals surface area contributed by atoms with Gasteiger partial charge < -0.3 is 10.3 Å². The number of amides is 1. The van der Waals surface area contributed by atoms with Crippen LogP contribution in [0.3, 0.4) is 0 Å². The van der Waals surface area contributed by atoms with E-state index < -0.39 is 5.82 Å². The lowest BCUT2D eigenvalue weighted by molar-refractivity contribution is -0.116. The molecule has 0 radical (unpaired) electrons. The maximum atomic E-state index is 15.2. The Balaban J connectivity index is 1.41. The lowest BCUT2D eigenvalue weighted by Gasteiger charge is -2.09. The fraction of sp³-hybridized carbons (Fsp3) is 0.185. The molecule has 10 nitrogen and oxygen atoms in total. The van der Waals surface area contributed by atoms with Gasteiger partial charge in [-0.25, -0.2) is 19.3 Å². The van der Waals surface area contributed by atoms with E-state index >= 15 is 4.39 Å². The molecule has 0 bridgehead atoms. The van der Waals surface area contributed by atoms with Crippen LogP contribution in [0, 0.1) is 18.7 Å². The minimum absolute atomic E-state index is 0.0951. The van der Waals surface area contributed by atoms with Crippen molar-refractivity contribution in [2.24, 2.45) is 5.92 Å². The number of imidazole rings is 2. The van der Waals surface area contributed by atoms with Crippen LogP contribution in [0.4, 0.5) is 10.1 Å². The predicted octanol–water partition coefficient (Wildman–Crippen LogP) is 5.18. The quantitative estimate of drug-likeness (QED) is 0.284. The van der Waals surface area contributed by atoms with Crippen molar-refractivity contribution in [1.82, 2.24) is 39.7 Å². The molecule has 1 amide bonds. The number of pyridine rings is 2. The number of hydrogen-bond acceptors (Lipinski definition) is 6. The number of aryl methyl sites for hydroxylation is 1. The highest BCUT2D eigenvalue weighted by atomic mass is 19.1. The summed E-state index contributed by atoms with van der Waals surface area (Å²) in [4.78, 5) is 33.3. The summed E-state index contributed by atoms with van der Waals surface area (Å²) in [5.74, 6) is 0.780. The van der Waals surface area contributed by atoms with Gasteiger partial charge in [0, 0.05) is 36.0 Å². The number of carbonyl (C=O) groups is 1. The number of aromatic amines is 2. The highest BCUT2D eigenvalue weighted by molar-refractivity contribution is 5.97. The normalized spacial score (nSPS) is 11.6. The van der Waals surface area contributed by atoms with Crippen LogP contribution >= 0.6 is 0 Å². The molecule has 190 valence electrons. The van der Waals surface area contributed by atoms with Crippen LogP contribution < -0.4 is 5.32 Å². The zero-order chi connectivity index (χ0) is 26.4. The Morgan fingerprint density at radius 1 is 1.13 bits per heavy atom. The third kappa shape index (κ3) is 4.27. The van der Waals surface area contributed by atoms with Gasteiger partial charge in [0.2, 0.25) is 5.91 Å². The van der Waals surface area contributed by atoms with Gasteiger partial charge in [-0.2, -0.15) is 5.10 Å². The number of anilines is 1. The first-order chi connectivity index (χ1) is 18.4. The second-order valence-electron chi connectivity index (χ2n) is 9.60. The summed E-state index contributed by atoms with van der Waals surface area (Å²) in [5, 5.41) is 10.6. The van der Waals surface area contributed by atoms with Crippen molar-refractivity contribution >= 4 is 33.5 Å². The van der Waals surface area contributed by atoms with E-state index in [0.29, 0.717) is 51.5 Å². The second kappa shape index (κ2) is 9.18. The fourth-order valence-electron chi connectivity index (χ4n) is 4.44. The number of halogens is 1. The van der Waals surface area contributed by atoms with Gasteiger partial charge in [0.05, 0.1) is 23.1 Å². The van der Waals surface area contributed by atoms with Crippen LogP contribution in [0.25, 0.3) is 50.4 Å². The molecule has 0 aliphatic heterocycles. The summed E-state index contributed by atoms with van der Waals surface area (Å²) in [6.45, 7) is 5.86. The number of carbonyl (C=O) groups excluding carboxylic acids is 1. The zero-order valence-corrected chi connectivity index (χ0v) is 21.0. The van der Waals surface area contributed by atoms with E-state index in [1.807, 2.05) is 43.7 Å². The van der Waals surface area contributed by atoms with Crippen LogP contribution in [0.15, 0.2) is 55.4 Å². The van der Waals surface area contributed by atoms with Gasteiger partial charge >= 0.3 is 0 Å². The number of H-pyrrole nitrogens is 2. The van der Waals surface area contributed by atoms with Crippen molar-refractivity contribution in [2.45, 2.75) is 27.2 Å². The Bertz CT molecular complexity index is 1810. The predicted molar refractivity (Wildman–Crippen MR) is 142 cm³/mol. The van der Waals surface area contributed by atoms with Crippen molar-refractivity contribution in [3.8, 4) is 28.5 Å². The third-order valence-electron chi connectivity index (χ3n) is 6.14. The van der Waals surface area contributed by atoms with Gasteiger partial charge in [-0.3, -0.25) is 19.4 Å². The molecule has 0 spiro atoms. The summed E-state index contributed by atoms with van der Waals surface area (Å²) in [5.41, 5.74) is 4.82. The monoisotopic (exact) mass is 509 g/mol. The van der Waals surface area contributed by atoms with E-state index in [-0.39, 0.29) is 17.3 Å². The summed E-state index contributed by atoms with van der Waals surface area (Å²) in [7, 11) is 0. The number of benzene rings is 1. The standard InChI is InChI=1S/C27H24FN9O/c1-14(2)6-22(38)32-18-7-17(10-29-11-18)16-8-19-23(20(28)9-16)35-36-24(19)26-33-21-4-5-30-27(25(21)34-26)37-12-15(3)31-13-37/h4-5,7-14H,6H2,1-3H3,(H,32,38)(H,33,34)(H,35,36). The summed E-state index contributed by atoms with van der Waals surface area (Å²) < 4.78 is 17.0. The minimum atomic E-state index is -0.485. The molecule has 3 N–H and O–H groups in total. The molecule has 0 unspecified atom stereocenters. The summed E-state index contributed by atoms with van der Waals surface area (Å²) in [6, 6.07) is 6.84. The van der Waals surface area contributed by atoms with Crippen molar-refractivity contribution in [3.63, 3.8) is 0 Å². The van der Waals surface area contributed by atoms with Gasteiger partial charge in [-0.15, -0.1) is 0 Å². The lowest BCUT2D eigenvalue weighted by atomic mass is 10.0. The van der Waals surface area contributed by atoms with Crippen LogP contribution in [-0.2, 0) is 4.79 Å². The number of nitrogens with zero attached hydrogens (tertiary/aromatic N) is 6. The number of fused-ring (bicyclic) bond motifs is 2. The van der Waals surface area contributed by atoms with Crippen LogP contribution in [-0.4, -0.2) is 45.6 Å². The molecule has 0 aliphatic rings. The van der Waals surface area contributed by atoms with Crippen molar-refractivity contribution in [1.29, 1.82) is 0 Å². The number of aromatic nitrogens is 8. The lowest BCUT2D eigenvalue weighted by Crippen LogP contribution is -2.13. The summed E-state index contributed by atoms with van der Waals surface area (Å²) >= 11 is 0. The smallest absolute Gasteiger partial charge is 0.224 e. The van der Waals surface area contributed by atoms with E-state index in [1.54, 1.807) is 31.0 Å². The Morgan fingerprint density at radius 2 is 2.00 bits per heavy atom. The average molecular weight is 510 g/mol. The van der Waals surface area contributed by atoms with Gasteiger partial charge in [0.25, 0.3) is 0 Å². The van der Waals surface area contributed by atoms with Crippen molar-refractivity contribution < 1.29 is 9.18 Å². The molecule has 11 heteroatoms. The van der Waals surface area contributed by atoms with E-state index in [0.717, 1.165) is 11.2 Å². The van der Waals surface area contributed by atoms with E-state index in [2.05, 4.69) is 35.5 Å². The van der Waals surface area contributed by atoms with Gasteiger partial charge in [-0.05, 0) is 42.7 Å². The minimum Gasteiger partial charge on any atom is -0.336 e. The molecular formula is C27H24FN9O. The summed E-state index contributed by atoms with van der Waals surface area (Å²) in [6.07, 6.45) is 8.85. The SMILES string of the molecule is Cc1cn(-c2nccc3[nH]c(-c4[nH]nc5c(F)cc(-c6cncc(NC(=O)CC(C)C)c6)cc45)nc23)cn1. The largest absolute Gasteiger partial charge is 0.336 e. The van der Waals surface area contributed by atoms with Crippen molar-refractivity contribution in [2.75, 3.05) is 5.32 Å². The van der Waals surface area contributed by atoms with Gasteiger partial charge in [0.15, 0.2) is 17.5 Å². The topological polar surface area (TPSA) is 130 Å². The van der Waals surface area contributed by atoms with E-state index in [9.17, 15) is 4.79 Å². The molecule has 0 fully saturated rings. The molecule has 38 heavy (non-hydrogen) atoms. The van der Waals surface area contributed by atoms with Crippen LogP contribution in [0.5, 0.6) is 0 Å². The first-order valence-electron chi connectivity index (χ1n) is 12.1. The molecule has 5 aromatic heterocycles. The Labute approximate surface area is 216 Å². The fourth-order valence-corrected chi connectivity index (χ4v) is 4.44. The van der Waals surface area contributed by atoms with Crippen LogP contribution in [0.1, 0.15) is 26.0 Å². The molecule has 0 saturated carbocycles. The Kier molecular flexibility index (Phi) is 5.67. The second-order valence-corrected chi connectivity index (χ2v) is 9.60.